The van der Waals surface area contributed by atoms with Crippen LogP contribution in [0.5, 0.6) is 0 Å². The van der Waals surface area contributed by atoms with Crippen molar-refractivity contribution < 1.29 is 4.92 Å². The Hall–Kier alpha value is -1.50. The van der Waals surface area contributed by atoms with Crippen molar-refractivity contribution >= 4 is 28.6 Å². The van der Waals surface area contributed by atoms with Crippen molar-refractivity contribution in [3.63, 3.8) is 0 Å². The molecule has 0 bridgehead atoms. The minimum absolute atomic E-state index is 0.115. The van der Waals surface area contributed by atoms with E-state index in [4.69, 9.17) is 17.3 Å². The van der Waals surface area contributed by atoms with Gasteiger partial charge in [-0.3, -0.25) is 10.1 Å². The van der Waals surface area contributed by atoms with Crippen molar-refractivity contribution in [2.45, 2.75) is 13.5 Å². The SMILES string of the molecule is Cc1nc(-c2ccc(Cl)c([N+](=O)[O-])c2)sc1CN. The van der Waals surface area contributed by atoms with Gasteiger partial charge in [0.1, 0.15) is 10.0 Å². The van der Waals surface area contributed by atoms with Crippen LogP contribution in [0, 0.1) is 17.0 Å². The Kier molecular flexibility index (Phi) is 3.60. The normalized spacial score (nSPS) is 10.6. The van der Waals surface area contributed by atoms with E-state index in [1.54, 1.807) is 6.07 Å². The van der Waals surface area contributed by atoms with Crippen molar-refractivity contribution in [3.05, 3.63) is 43.9 Å². The molecule has 1 aromatic heterocycles. The molecule has 0 atom stereocenters. The number of nitro benzene ring substituents is 1. The summed E-state index contributed by atoms with van der Waals surface area (Å²) in [7, 11) is 0. The number of halogens is 1. The third-order valence-electron chi connectivity index (χ3n) is 2.47. The maximum atomic E-state index is 10.8. The van der Waals surface area contributed by atoms with E-state index < -0.39 is 4.92 Å². The Bertz CT molecular complexity index is 612. The summed E-state index contributed by atoms with van der Waals surface area (Å²) < 4.78 is 0. The van der Waals surface area contributed by atoms with Gasteiger partial charge >= 0.3 is 0 Å². The van der Waals surface area contributed by atoms with E-state index in [2.05, 4.69) is 4.98 Å². The van der Waals surface area contributed by atoms with Gasteiger partial charge in [0.05, 0.1) is 10.6 Å². The fraction of sp³-hybridized carbons (Fsp3) is 0.182. The van der Waals surface area contributed by atoms with Gasteiger partial charge < -0.3 is 5.73 Å². The zero-order valence-electron chi connectivity index (χ0n) is 9.51. The average Bonchev–Trinajstić information content (AvgIpc) is 2.70. The molecule has 7 heteroatoms. The third-order valence-corrected chi connectivity index (χ3v) is 4.02. The van der Waals surface area contributed by atoms with E-state index in [0.717, 1.165) is 10.6 Å². The number of benzene rings is 1. The molecule has 0 saturated heterocycles. The highest BCUT2D eigenvalue weighted by atomic mass is 35.5. The van der Waals surface area contributed by atoms with Gasteiger partial charge in [-0.05, 0) is 19.1 Å². The summed E-state index contributed by atoms with van der Waals surface area (Å²) in [4.78, 5) is 15.6. The molecule has 94 valence electrons. The highest BCUT2D eigenvalue weighted by molar-refractivity contribution is 7.15. The number of hydrogen-bond acceptors (Lipinski definition) is 5. The number of nitro groups is 1. The smallest absolute Gasteiger partial charge is 0.288 e. The molecule has 2 rings (SSSR count). The lowest BCUT2D eigenvalue weighted by molar-refractivity contribution is -0.384. The summed E-state index contributed by atoms with van der Waals surface area (Å²) >= 11 is 7.20. The van der Waals surface area contributed by atoms with E-state index in [0.29, 0.717) is 17.1 Å². The number of nitrogens with zero attached hydrogens (tertiary/aromatic N) is 2. The molecular weight excluding hydrogens is 274 g/mol. The molecule has 2 aromatic rings. The second-order valence-corrected chi connectivity index (χ2v) is 5.15. The van der Waals surface area contributed by atoms with Crippen LogP contribution in [-0.4, -0.2) is 9.91 Å². The molecule has 0 saturated carbocycles. The van der Waals surface area contributed by atoms with Crippen LogP contribution in [-0.2, 0) is 6.54 Å². The number of rotatable bonds is 3. The van der Waals surface area contributed by atoms with Crippen molar-refractivity contribution in [2.24, 2.45) is 5.73 Å². The average molecular weight is 284 g/mol. The number of aryl methyl sites for hydroxylation is 1. The zero-order valence-corrected chi connectivity index (χ0v) is 11.1. The fourth-order valence-corrected chi connectivity index (χ4v) is 2.65. The molecule has 0 aliphatic heterocycles. The topological polar surface area (TPSA) is 82.0 Å². The van der Waals surface area contributed by atoms with Crippen LogP contribution < -0.4 is 5.73 Å². The van der Waals surface area contributed by atoms with Gasteiger partial charge in [-0.15, -0.1) is 11.3 Å². The van der Waals surface area contributed by atoms with Crippen LogP contribution in [0.15, 0.2) is 18.2 Å². The monoisotopic (exact) mass is 283 g/mol. The van der Waals surface area contributed by atoms with Crippen molar-refractivity contribution in [2.75, 3.05) is 0 Å². The summed E-state index contributed by atoms with van der Waals surface area (Å²) in [6, 6.07) is 4.66. The van der Waals surface area contributed by atoms with Gasteiger partial charge in [0.15, 0.2) is 0 Å². The number of hydrogen-bond donors (Lipinski definition) is 1. The van der Waals surface area contributed by atoms with E-state index in [9.17, 15) is 10.1 Å². The zero-order chi connectivity index (χ0) is 13.3. The lowest BCUT2D eigenvalue weighted by atomic mass is 10.2. The van der Waals surface area contributed by atoms with E-state index in [1.165, 1.54) is 23.5 Å². The van der Waals surface area contributed by atoms with Gasteiger partial charge in [0.25, 0.3) is 5.69 Å². The fourth-order valence-electron chi connectivity index (χ4n) is 1.53. The standard InChI is InChI=1S/C11H10ClN3O2S/c1-6-10(5-13)18-11(14-6)7-2-3-8(12)9(4-7)15(16)17/h2-4H,5,13H2,1H3. The third kappa shape index (κ3) is 2.35. The maximum Gasteiger partial charge on any atom is 0.288 e. The molecule has 0 fully saturated rings. The molecule has 0 aliphatic rings. The molecule has 0 spiro atoms. The quantitative estimate of drug-likeness (QED) is 0.693. The van der Waals surface area contributed by atoms with Crippen LogP contribution in [0.3, 0.4) is 0 Å². The van der Waals surface area contributed by atoms with Gasteiger partial charge in [-0.1, -0.05) is 11.6 Å². The van der Waals surface area contributed by atoms with E-state index in [1.807, 2.05) is 6.92 Å². The Balaban J connectivity index is 2.50. The Morgan fingerprint density at radius 2 is 2.28 bits per heavy atom. The maximum absolute atomic E-state index is 10.8. The summed E-state index contributed by atoms with van der Waals surface area (Å²) in [5, 5.41) is 11.7. The second kappa shape index (κ2) is 5.01. The predicted molar refractivity (Wildman–Crippen MR) is 71.8 cm³/mol. The first-order chi connectivity index (χ1) is 8.52. The molecule has 1 aromatic carbocycles. The molecule has 0 amide bonds. The minimum atomic E-state index is -0.504. The predicted octanol–water partition coefficient (Wildman–Crippen LogP) is 3.14. The number of thiazole rings is 1. The number of nitrogens with two attached hydrogens (primary N) is 1. The van der Waals surface area contributed by atoms with Crippen molar-refractivity contribution in [1.29, 1.82) is 0 Å². The van der Waals surface area contributed by atoms with Gasteiger partial charge in [0, 0.05) is 23.1 Å². The van der Waals surface area contributed by atoms with Crippen LogP contribution >= 0.6 is 22.9 Å². The first-order valence-corrected chi connectivity index (χ1v) is 6.33. The Labute approximate surface area is 112 Å². The first-order valence-electron chi connectivity index (χ1n) is 5.13. The van der Waals surface area contributed by atoms with Crippen LogP contribution in [0.25, 0.3) is 10.6 Å². The summed E-state index contributed by atoms with van der Waals surface area (Å²) in [5.74, 6) is 0. The Morgan fingerprint density at radius 3 is 2.83 bits per heavy atom. The second-order valence-electron chi connectivity index (χ2n) is 3.66. The highest BCUT2D eigenvalue weighted by Crippen LogP contribution is 2.33. The number of aromatic nitrogens is 1. The summed E-state index contributed by atoms with van der Waals surface area (Å²) in [6.07, 6.45) is 0. The molecule has 5 nitrogen and oxygen atoms in total. The lowest BCUT2D eigenvalue weighted by Gasteiger charge is -1.98. The molecule has 0 radical (unpaired) electrons. The molecule has 0 aliphatic carbocycles. The van der Waals surface area contributed by atoms with Gasteiger partial charge in [0.2, 0.25) is 0 Å². The van der Waals surface area contributed by atoms with Gasteiger partial charge in [-0.25, -0.2) is 4.98 Å². The van der Waals surface area contributed by atoms with Crippen LogP contribution in [0.1, 0.15) is 10.6 Å². The lowest BCUT2D eigenvalue weighted by Crippen LogP contribution is -1.94. The molecular formula is C11H10ClN3O2S. The van der Waals surface area contributed by atoms with Crippen LogP contribution in [0.2, 0.25) is 5.02 Å². The van der Waals surface area contributed by atoms with Crippen molar-refractivity contribution in [3.8, 4) is 10.6 Å². The van der Waals surface area contributed by atoms with Gasteiger partial charge in [-0.2, -0.15) is 0 Å². The molecule has 18 heavy (non-hydrogen) atoms. The summed E-state index contributed by atoms with van der Waals surface area (Å²) in [5.41, 5.74) is 7.01. The molecule has 2 N–H and O–H groups in total. The van der Waals surface area contributed by atoms with Crippen molar-refractivity contribution in [1.82, 2.24) is 4.98 Å². The largest absolute Gasteiger partial charge is 0.326 e. The highest BCUT2D eigenvalue weighted by Gasteiger charge is 2.16. The van der Waals surface area contributed by atoms with E-state index in [-0.39, 0.29) is 10.7 Å². The summed E-state index contributed by atoms with van der Waals surface area (Å²) in [6.45, 7) is 2.28. The first kappa shape index (κ1) is 12.9. The molecule has 1 heterocycles. The van der Waals surface area contributed by atoms with Crippen LogP contribution in [0.4, 0.5) is 5.69 Å². The van der Waals surface area contributed by atoms with E-state index >= 15 is 0 Å². The molecule has 0 unspecified atom stereocenters. The minimum Gasteiger partial charge on any atom is -0.326 e. The Morgan fingerprint density at radius 1 is 1.56 bits per heavy atom.